The number of nitrogens with zero attached hydrogens (tertiary/aromatic N) is 1. The molecule has 1 unspecified atom stereocenters. The Morgan fingerprint density at radius 3 is 3.00 bits per heavy atom. The van der Waals surface area contributed by atoms with Gasteiger partial charge in [0.05, 0.1) is 26.0 Å². The van der Waals surface area contributed by atoms with Gasteiger partial charge in [0.15, 0.2) is 5.96 Å². The van der Waals surface area contributed by atoms with Gasteiger partial charge in [-0.05, 0) is 36.4 Å². The first-order valence-corrected chi connectivity index (χ1v) is 10.5. The van der Waals surface area contributed by atoms with Crippen molar-refractivity contribution in [2.75, 3.05) is 39.5 Å². The zero-order valence-electron chi connectivity index (χ0n) is 15.7. The average molecular weight is 392 g/mol. The maximum Gasteiger partial charge on any atom is 0.191 e. The molecular formula is C20H29N3O3S. The lowest BCUT2D eigenvalue weighted by molar-refractivity contribution is 0.0888. The zero-order valence-corrected chi connectivity index (χ0v) is 16.5. The van der Waals surface area contributed by atoms with Crippen LogP contribution in [0.5, 0.6) is 0 Å². The lowest BCUT2D eigenvalue weighted by Crippen LogP contribution is -2.39. The van der Waals surface area contributed by atoms with E-state index in [2.05, 4.69) is 33.1 Å². The molecule has 7 heteroatoms. The third kappa shape index (κ3) is 7.74. The van der Waals surface area contributed by atoms with Gasteiger partial charge in [0.2, 0.25) is 0 Å². The Bertz CT molecular complexity index is 637. The Morgan fingerprint density at radius 2 is 2.22 bits per heavy atom. The summed E-state index contributed by atoms with van der Waals surface area (Å²) >= 11 is 1.73. The van der Waals surface area contributed by atoms with Crippen molar-refractivity contribution < 1.29 is 13.9 Å². The highest BCUT2D eigenvalue weighted by molar-refractivity contribution is 7.09. The van der Waals surface area contributed by atoms with Crippen LogP contribution in [0.3, 0.4) is 0 Å². The van der Waals surface area contributed by atoms with Gasteiger partial charge in [-0.15, -0.1) is 11.3 Å². The number of hydrogen-bond donors (Lipinski definition) is 2. The summed E-state index contributed by atoms with van der Waals surface area (Å²) in [5.41, 5.74) is 0. The van der Waals surface area contributed by atoms with Gasteiger partial charge >= 0.3 is 0 Å². The molecule has 1 atom stereocenters. The molecule has 3 rings (SSSR count). The third-order valence-electron chi connectivity index (χ3n) is 4.35. The molecule has 1 aliphatic rings. The summed E-state index contributed by atoms with van der Waals surface area (Å²) in [4.78, 5) is 5.94. The molecule has 3 heterocycles. The predicted octanol–water partition coefficient (Wildman–Crippen LogP) is 3.06. The van der Waals surface area contributed by atoms with Crippen LogP contribution in [-0.2, 0) is 22.4 Å². The Balaban J connectivity index is 1.35. The first-order valence-electron chi connectivity index (χ1n) is 9.62. The maximum absolute atomic E-state index is 5.76. The van der Waals surface area contributed by atoms with Gasteiger partial charge in [-0.25, -0.2) is 4.99 Å². The van der Waals surface area contributed by atoms with E-state index in [0.717, 1.165) is 70.5 Å². The average Bonchev–Trinajstić information content (AvgIpc) is 3.45. The monoisotopic (exact) mass is 391 g/mol. The fourth-order valence-corrected chi connectivity index (χ4v) is 3.47. The normalized spacial score (nSPS) is 17.3. The Kier molecular flexibility index (Phi) is 8.70. The zero-order chi connectivity index (χ0) is 18.6. The molecule has 0 spiro atoms. The Labute approximate surface area is 165 Å². The Morgan fingerprint density at radius 1 is 1.26 bits per heavy atom. The molecule has 0 radical (unpaired) electrons. The summed E-state index contributed by atoms with van der Waals surface area (Å²) in [5.74, 6) is 2.38. The van der Waals surface area contributed by atoms with Crippen LogP contribution in [0, 0.1) is 5.92 Å². The summed E-state index contributed by atoms with van der Waals surface area (Å²) in [6, 6.07) is 8.07. The van der Waals surface area contributed by atoms with Gasteiger partial charge in [0.1, 0.15) is 5.76 Å². The quantitative estimate of drug-likeness (QED) is 0.350. The second-order valence-electron chi connectivity index (χ2n) is 6.59. The molecule has 0 saturated carbocycles. The predicted molar refractivity (Wildman–Crippen MR) is 108 cm³/mol. The van der Waals surface area contributed by atoms with Crippen LogP contribution in [0.1, 0.15) is 23.5 Å². The number of nitrogens with one attached hydrogen (secondary N) is 2. The minimum atomic E-state index is 0.573. The van der Waals surface area contributed by atoms with Crippen LogP contribution in [0.4, 0.5) is 0 Å². The maximum atomic E-state index is 5.76. The van der Waals surface area contributed by atoms with Crippen LogP contribution in [0.25, 0.3) is 0 Å². The van der Waals surface area contributed by atoms with Gasteiger partial charge in [-0.2, -0.15) is 0 Å². The molecule has 0 aromatic carbocycles. The van der Waals surface area contributed by atoms with E-state index in [0.29, 0.717) is 12.5 Å². The summed E-state index contributed by atoms with van der Waals surface area (Å²) in [6.07, 6.45) is 4.61. The largest absolute Gasteiger partial charge is 0.469 e. The smallest absolute Gasteiger partial charge is 0.191 e. The van der Waals surface area contributed by atoms with E-state index in [-0.39, 0.29) is 0 Å². The molecule has 1 aliphatic heterocycles. The van der Waals surface area contributed by atoms with E-state index >= 15 is 0 Å². The SMILES string of the molecule is c1coc(CCNC(=NCc2cccs2)NCCCOCC2CCOC2)c1. The van der Waals surface area contributed by atoms with E-state index in [9.17, 15) is 0 Å². The molecular weight excluding hydrogens is 362 g/mol. The summed E-state index contributed by atoms with van der Waals surface area (Å²) < 4.78 is 16.5. The standard InChI is InChI=1S/C20H29N3O3S/c1-4-18(26-11-1)6-9-22-20(23-14-19-5-2-13-27-19)21-8-3-10-24-15-17-7-12-25-16-17/h1-2,4-5,11,13,17H,3,6-10,12,14-16H2,(H2,21,22,23). The van der Waals surface area contributed by atoms with E-state index in [4.69, 9.17) is 13.9 Å². The van der Waals surface area contributed by atoms with Crippen LogP contribution in [-0.4, -0.2) is 45.5 Å². The third-order valence-corrected chi connectivity index (χ3v) is 5.21. The molecule has 148 valence electrons. The number of aliphatic imine (C=N–C) groups is 1. The highest BCUT2D eigenvalue weighted by Gasteiger charge is 2.15. The van der Waals surface area contributed by atoms with Crippen molar-refractivity contribution >= 4 is 17.3 Å². The number of hydrogen-bond acceptors (Lipinski definition) is 5. The van der Waals surface area contributed by atoms with E-state index in [1.165, 1.54) is 4.88 Å². The van der Waals surface area contributed by atoms with Crippen LogP contribution in [0.2, 0.25) is 0 Å². The van der Waals surface area contributed by atoms with Crippen molar-refractivity contribution in [2.45, 2.75) is 25.8 Å². The highest BCUT2D eigenvalue weighted by atomic mass is 32.1. The number of ether oxygens (including phenoxy) is 2. The first-order chi connectivity index (χ1) is 13.4. The molecule has 2 aromatic rings. The van der Waals surface area contributed by atoms with Crippen molar-refractivity contribution in [3.05, 3.63) is 46.5 Å². The summed E-state index contributed by atoms with van der Waals surface area (Å²) in [6.45, 7) is 5.58. The summed E-state index contributed by atoms with van der Waals surface area (Å²) in [5, 5.41) is 8.86. The molecule has 0 amide bonds. The van der Waals surface area contributed by atoms with Gasteiger partial charge < -0.3 is 24.5 Å². The second kappa shape index (κ2) is 11.8. The molecule has 6 nitrogen and oxygen atoms in total. The van der Waals surface area contributed by atoms with Gasteiger partial charge in [0.25, 0.3) is 0 Å². The fraction of sp³-hybridized carbons (Fsp3) is 0.550. The van der Waals surface area contributed by atoms with Crippen molar-refractivity contribution in [1.29, 1.82) is 0 Å². The Hall–Kier alpha value is -1.83. The van der Waals surface area contributed by atoms with Gasteiger partial charge in [0, 0.05) is 43.5 Å². The topological polar surface area (TPSA) is 68.0 Å². The number of guanidine groups is 1. The molecule has 1 saturated heterocycles. The van der Waals surface area contributed by atoms with Crippen LogP contribution >= 0.6 is 11.3 Å². The second-order valence-corrected chi connectivity index (χ2v) is 7.62. The minimum absolute atomic E-state index is 0.573. The number of rotatable bonds is 11. The lowest BCUT2D eigenvalue weighted by Gasteiger charge is -2.13. The molecule has 2 aromatic heterocycles. The molecule has 27 heavy (non-hydrogen) atoms. The molecule has 1 fully saturated rings. The van der Waals surface area contributed by atoms with Crippen molar-refractivity contribution in [3.8, 4) is 0 Å². The van der Waals surface area contributed by atoms with Crippen molar-refractivity contribution in [2.24, 2.45) is 10.9 Å². The van der Waals surface area contributed by atoms with E-state index < -0.39 is 0 Å². The van der Waals surface area contributed by atoms with Crippen LogP contribution in [0.15, 0.2) is 45.3 Å². The minimum Gasteiger partial charge on any atom is -0.469 e. The van der Waals surface area contributed by atoms with Crippen LogP contribution < -0.4 is 10.6 Å². The fourth-order valence-electron chi connectivity index (χ4n) is 2.84. The highest BCUT2D eigenvalue weighted by Crippen LogP contribution is 2.12. The van der Waals surface area contributed by atoms with Crippen molar-refractivity contribution in [1.82, 2.24) is 10.6 Å². The molecule has 2 N–H and O–H groups in total. The van der Waals surface area contributed by atoms with Gasteiger partial charge in [-0.1, -0.05) is 6.07 Å². The van der Waals surface area contributed by atoms with Gasteiger partial charge in [-0.3, -0.25) is 0 Å². The van der Waals surface area contributed by atoms with E-state index in [1.807, 2.05) is 12.1 Å². The first kappa shape index (κ1) is 19.9. The number of thiophene rings is 1. The molecule has 0 aliphatic carbocycles. The van der Waals surface area contributed by atoms with Crippen molar-refractivity contribution in [3.63, 3.8) is 0 Å². The molecule has 0 bridgehead atoms. The number of furan rings is 1. The lowest BCUT2D eigenvalue weighted by atomic mass is 10.1. The van der Waals surface area contributed by atoms with E-state index in [1.54, 1.807) is 17.6 Å². The summed E-state index contributed by atoms with van der Waals surface area (Å²) in [7, 11) is 0.